The maximum atomic E-state index is 12.3. The SMILES string of the molecule is CCN1CCN(C(=O)/C=C/c2ccc(S(=O)(=O)NCc3ccco3)cc2)CC1. The van der Waals surface area contributed by atoms with Crippen molar-refractivity contribution in [3.63, 3.8) is 0 Å². The molecule has 1 amide bonds. The third kappa shape index (κ3) is 5.31. The molecule has 0 aliphatic carbocycles. The highest BCUT2D eigenvalue weighted by Gasteiger charge is 2.18. The average Bonchev–Trinajstić information content (AvgIpc) is 3.25. The van der Waals surface area contributed by atoms with Gasteiger partial charge in [0.1, 0.15) is 5.76 Å². The summed E-state index contributed by atoms with van der Waals surface area (Å²) in [5.41, 5.74) is 0.769. The molecule has 28 heavy (non-hydrogen) atoms. The molecule has 2 heterocycles. The normalized spacial score (nSPS) is 16.0. The summed E-state index contributed by atoms with van der Waals surface area (Å²) in [6.07, 6.45) is 4.75. The van der Waals surface area contributed by atoms with E-state index < -0.39 is 10.0 Å². The van der Waals surface area contributed by atoms with E-state index in [0.717, 1.165) is 38.3 Å². The molecule has 1 fully saturated rings. The Morgan fingerprint density at radius 2 is 1.86 bits per heavy atom. The molecule has 1 aliphatic heterocycles. The fourth-order valence-corrected chi connectivity index (χ4v) is 3.97. The summed E-state index contributed by atoms with van der Waals surface area (Å²) in [6.45, 7) is 6.47. The van der Waals surface area contributed by atoms with E-state index in [1.807, 2.05) is 4.90 Å². The molecular weight excluding hydrogens is 378 g/mol. The number of hydrogen-bond acceptors (Lipinski definition) is 5. The van der Waals surface area contributed by atoms with Crippen LogP contribution in [0.4, 0.5) is 0 Å². The zero-order chi connectivity index (χ0) is 20.0. The zero-order valence-electron chi connectivity index (χ0n) is 15.9. The van der Waals surface area contributed by atoms with Crippen LogP contribution in [-0.4, -0.2) is 56.8 Å². The Morgan fingerprint density at radius 3 is 2.46 bits per heavy atom. The van der Waals surface area contributed by atoms with Crippen molar-refractivity contribution >= 4 is 22.0 Å². The second-order valence-electron chi connectivity index (χ2n) is 6.57. The first-order valence-electron chi connectivity index (χ1n) is 9.29. The zero-order valence-corrected chi connectivity index (χ0v) is 16.7. The Labute approximate surface area is 165 Å². The first-order chi connectivity index (χ1) is 13.5. The van der Waals surface area contributed by atoms with Crippen molar-refractivity contribution in [1.29, 1.82) is 0 Å². The monoisotopic (exact) mass is 403 g/mol. The number of nitrogens with zero attached hydrogens (tertiary/aromatic N) is 2. The highest BCUT2D eigenvalue weighted by Crippen LogP contribution is 2.13. The number of nitrogens with one attached hydrogen (secondary N) is 1. The van der Waals surface area contributed by atoms with Gasteiger partial charge in [0, 0.05) is 32.3 Å². The molecule has 0 unspecified atom stereocenters. The van der Waals surface area contributed by atoms with Crippen molar-refractivity contribution < 1.29 is 17.6 Å². The smallest absolute Gasteiger partial charge is 0.246 e. The van der Waals surface area contributed by atoms with Crippen LogP contribution in [0.3, 0.4) is 0 Å². The number of carbonyl (C=O) groups is 1. The predicted molar refractivity (Wildman–Crippen MR) is 107 cm³/mol. The Morgan fingerprint density at radius 1 is 1.14 bits per heavy atom. The molecule has 2 aromatic rings. The molecule has 1 saturated heterocycles. The number of benzene rings is 1. The summed E-state index contributed by atoms with van der Waals surface area (Å²) in [4.78, 5) is 16.6. The van der Waals surface area contributed by atoms with E-state index in [2.05, 4.69) is 16.5 Å². The van der Waals surface area contributed by atoms with Gasteiger partial charge in [-0.1, -0.05) is 19.1 Å². The van der Waals surface area contributed by atoms with E-state index in [4.69, 9.17) is 4.42 Å². The summed E-state index contributed by atoms with van der Waals surface area (Å²) in [6, 6.07) is 9.81. The molecule has 1 aliphatic rings. The summed E-state index contributed by atoms with van der Waals surface area (Å²) >= 11 is 0. The maximum Gasteiger partial charge on any atom is 0.246 e. The van der Waals surface area contributed by atoms with Gasteiger partial charge < -0.3 is 14.2 Å². The lowest BCUT2D eigenvalue weighted by atomic mass is 10.2. The topological polar surface area (TPSA) is 82.9 Å². The number of rotatable bonds is 7. The van der Waals surface area contributed by atoms with Crippen LogP contribution in [0.25, 0.3) is 6.08 Å². The number of likely N-dealkylation sites (N-methyl/N-ethyl adjacent to an activating group) is 1. The van der Waals surface area contributed by atoms with Crippen LogP contribution in [0, 0.1) is 0 Å². The van der Waals surface area contributed by atoms with Gasteiger partial charge in [0.2, 0.25) is 15.9 Å². The van der Waals surface area contributed by atoms with Crippen LogP contribution in [-0.2, 0) is 21.4 Å². The highest BCUT2D eigenvalue weighted by molar-refractivity contribution is 7.89. The molecule has 8 heteroatoms. The number of sulfonamides is 1. The molecule has 1 aromatic heterocycles. The largest absolute Gasteiger partial charge is 0.468 e. The third-order valence-electron chi connectivity index (χ3n) is 4.76. The van der Waals surface area contributed by atoms with Crippen LogP contribution >= 0.6 is 0 Å². The Balaban J connectivity index is 1.56. The van der Waals surface area contributed by atoms with E-state index >= 15 is 0 Å². The van der Waals surface area contributed by atoms with E-state index in [9.17, 15) is 13.2 Å². The van der Waals surface area contributed by atoms with Crippen molar-refractivity contribution in [3.05, 3.63) is 60.1 Å². The molecule has 3 rings (SSSR count). The van der Waals surface area contributed by atoms with E-state index in [-0.39, 0.29) is 17.3 Å². The van der Waals surface area contributed by atoms with Crippen LogP contribution in [0.5, 0.6) is 0 Å². The molecule has 0 spiro atoms. The van der Waals surface area contributed by atoms with Crippen molar-refractivity contribution in [2.75, 3.05) is 32.7 Å². The van der Waals surface area contributed by atoms with Gasteiger partial charge in [-0.2, -0.15) is 0 Å². The lowest BCUT2D eigenvalue weighted by Gasteiger charge is -2.33. The summed E-state index contributed by atoms with van der Waals surface area (Å²) in [7, 11) is -3.62. The summed E-state index contributed by atoms with van der Waals surface area (Å²) in [5.74, 6) is 0.522. The van der Waals surface area contributed by atoms with Crippen molar-refractivity contribution in [1.82, 2.24) is 14.5 Å². The molecular formula is C20H25N3O4S. The molecule has 150 valence electrons. The summed E-state index contributed by atoms with van der Waals surface area (Å²) < 4.78 is 32.3. The Hall–Kier alpha value is -2.42. The number of amides is 1. The van der Waals surface area contributed by atoms with Crippen LogP contribution in [0.15, 0.2) is 58.1 Å². The van der Waals surface area contributed by atoms with Crippen LogP contribution < -0.4 is 4.72 Å². The van der Waals surface area contributed by atoms with Crippen molar-refractivity contribution in [2.24, 2.45) is 0 Å². The van der Waals surface area contributed by atoms with E-state index in [1.54, 1.807) is 36.4 Å². The lowest BCUT2D eigenvalue weighted by Crippen LogP contribution is -2.48. The average molecular weight is 404 g/mol. The first-order valence-corrected chi connectivity index (χ1v) is 10.8. The van der Waals surface area contributed by atoms with Gasteiger partial charge in [-0.3, -0.25) is 4.79 Å². The van der Waals surface area contributed by atoms with E-state index in [1.165, 1.54) is 18.4 Å². The summed E-state index contributed by atoms with van der Waals surface area (Å²) in [5, 5.41) is 0. The number of furan rings is 1. The van der Waals surface area contributed by atoms with E-state index in [0.29, 0.717) is 5.76 Å². The van der Waals surface area contributed by atoms with Crippen LogP contribution in [0.1, 0.15) is 18.2 Å². The first kappa shape index (κ1) is 20.3. The Bertz CT molecular complexity index is 897. The van der Waals surface area contributed by atoms with Gasteiger partial charge in [0.25, 0.3) is 0 Å². The van der Waals surface area contributed by atoms with Gasteiger partial charge in [-0.25, -0.2) is 13.1 Å². The third-order valence-corrected chi connectivity index (χ3v) is 6.17. The molecule has 1 aromatic carbocycles. The van der Waals surface area contributed by atoms with Crippen LogP contribution in [0.2, 0.25) is 0 Å². The van der Waals surface area contributed by atoms with Gasteiger partial charge in [0.05, 0.1) is 17.7 Å². The molecule has 0 saturated carbocycles. The predicted octanol–water partition coefficient (Wildman–Crippen LogP) is 1.94. The highest BCUT2D eigenvalue weighted by atomic mass is 32.2. The molecule has 0 radical (unpaired) electrons. The van der Waals surface area contributed by atoms with Gasteiger partial charge >= 0.3 is 0 Å². The molecule has 1 N–H and O–H groups in total. The Kier molecular flexibility index (Phi) is 6.66. The fourth-order valence-electron chi connectivity index (χ4n) is 2.98. The number of hydrogen-bond donors (Lipinski definition) is 1. The quantitative estimate of drug-likeness (QED) is 0.715. The number of carbonyl (C=O) groups excluding carboxylic acids is 1. The number of piperazine rings is 1. The minimum absolute atomic E-state index is 0.0208. The van der Waals surface area contributed by atoms with Crippen molar-refractivity contribution in [2.45, 2.75) is 18.4 Å². The van der Waals surface area contributed by atoms with Gasteiger partial charge in [-0.05, 0) is 42.4 Å². The fraction of sp³-hybridized carbons (Fsp3) is 0.350. The van der Waals surface area contributed by atoms with Gasteiger partial charge in [-0.15, -0.1) is 0 Å². The molecule has 0 atom stereocenters. The standard InChI is InChI=1S/C20H25N3O4S/c1-2-22-11-13-23(14-12-22)20(24)10-7-17-5-8-19(9-6-17)28(25,26)21-16-18-4-3-15-27-18/h3-10,15,21H,2,11-14,16H2,1H3/b10-7+. The molecule has 7 nitrogen and oxygen atoms in total. The second kappa shape index (κ2) is 9.18. The molecule has 0 bridgehead atoms. The minimum atomic E-state index is -3.62. The second-order valence-corrected chi connectivity index (χ2v) is 8.33. The maximum absolute atomic E-state index is 12.3. The van der Waals surface area contributed by atoms with Crippen molar-refractivity contribution in [3.8, 4) is 0 Å². The van der Waals surface area contributed by atoms with Gasteiger partial charge in [0.15, 0.2) is 0 Å². The minimum Gasteiger partial charge on any atom is -0.468 e. The lowest BCUT2D eigenvalue weighted by molar-refractivity contribution is -0.127.